The fourth-order valence-corrected chi connectivity index (χ4v) is 2.18. The first-order valence-electron chi connectivity index (χ1n) is 5.67. The van der Waals surface area contributed by atoms with Crippen LogP contribution in [-0.4, -0.2) is 23.0 Å². The van der Waals surface area contributed by atoms with Gasteiger partial charge in [0.1, 0.15) is 5.65 Å². The third kappa shape index (κ3) is 1.46. The van der Waals surface area contributed by atoms with Crippen LogP contribution in [0.5, 0.6) is 0 Å². The molecule has 18 heavy (non-hydrogen) atoms. The van der Waals surface area contributed by atoms with Crippen LogP contribution in [0.3, 0.4) is 0 Å². The fourth-order valence-electron chi connectivity index (χ4n) is 2.18. The van der Waals surface area contributed by atoms with E-state index in [9.17, 15) is 4.79 Å². The summed E-state index contributed by atoms with van der Waals surface area (Å²) in [6.45, 7) is 1.80. The van der Waals surface area contributed by atoms with Crippen LogP contribution < -0.4 is 0 Å². The molecule has 3 aromatic rings. The Morgan fingerprint density at radius 2 is 2.06 bits per heavy atom. The standard InChI is InChI=1S/C14H12N2O2/c1-8-10(14(17)18-2)7-11-9-5-3-4-6-12(9)16-13(11)15-8/h3-7H,1-2H3,(H,15,16). The lowest BCUT2D eigenvalue weighted by Gasteiger charge is -2.03. The molecule has 0 fully saturated rings. The number of ether oxygens (including phenoxy) is 1. The Balaban J connectivity index is 2.39. The van der Waals surface area contributed by atoms with Crippen molar-refractivity contribution in [3.8, 4) is 0 Å². The summed E-state index contributed by atoms with van der Waals surface area (Å²) >= 11 is 0. The summed E-state index contributed by atoms with van der Waals surface area (Å²) in [5.74, 6) is -0.354. The maximum Gasteiger partial charge on any atom is 0.339 e. The number of fused-ring (bicyclic) bond motifs is 3. The zero-order valence-electron chi connectivity index (χ0n) is 10.2. The highest BCUT2D eigenvalue weighted by atomic mass is 16.5. The van der Waals surface area contributed by atoms with E-state index in [2.05, 4.69) is 9.97 Å². The highest BCUT2D eigenvalue weighted by molar-refractivity contribution is 6.08. The SMILES string of the molecule is COC(=O)c1cc2c(nc1C)[nH]c1ccccc12. The van der Waals surface area contributed by atoms with Crippen molar-refractivity contribution in [2.75, 3.05) is 7.11 Å². The number of carbonyl (C=O) groups excluding carboxylic acids is 1. The van der Waals surface area contributed by atoms with Gasteiger partial charge in [-0.15, -0.1) is 0 Å². The van der Waals surface area contributed by atoms with E-state index in [0.717, 1.165) is 21.9 Å². The topological polar surface area (TPSA) is 55.0 Å². The molecular weight excluding hydrogens is 228 g/mol. The number of para-hydroxylation sites is 1. The summed E-state index contributed by atoms with van der Waals surface area (Å²) in [6.07, 6.45) is 0. The number of nitrogens with zero attached hydrogens (tertiary/aromatic N) is 1. The van der Waals surface area contributed by atoms with Gasteiger partial charge in [0.05, 0.1) is 18.4 Å². The first kappa shape index (κ1) is 10.8. The molecule has 0 aliphatic heterocycles. The van der Waals surface area contributed by atoms with Crippen molar-refractivity contribution in [1.29, 1.82) is 0 Å². The van der Waals surface area contributed by atoms with Crippen LogP contribution in [-0.2, 0) is 4.74 Å². The quantitative estimate of drug-likeness (QED) is 0.665. The highest BCUT2D eigenvalue weighted by Gasteiger charge is 2.14. The maximum atomic E-state index is 11.7. The lowest BCUT2D eigenvalue weighted by atomic mass is 10.1. The minimum absolute atomic E-state index is 0.354. The summed E-state index contributed by atoms with van der Waals surface area (Å²) in [6, 6.07) is 9.76. The Kier molecular flexibility index (Phi) is 2.30. The molecule has 3 rings (SSSR count). The van der Waals surface area contributed by atoms with E-state index in [1.54, 1.807) is 6.92 Å². The maximum absolute atomic E-state index is 11.7. The summed E-state index contributed by atoms with van der Waals surface area (Å²) in [7, 11) is 1.38. The number of methoxy groups -OCH3 is 1. The number of hydrogen-bond acceptors (Lipinski definition) is 3. The predicted molar refractivity (Wildman–Crippen MR) is 69.7 cm³/mol. The van der Waals surface area contributed by atoms with Gasteiger partial charge in [0, 0.05) is 16.3 Å². The van der Waals surface area contributed by atoms with Gasteiger partial charge in [0.25, 0.3) is 0 Å². The summed E-state index contributed by atoms with van der Waals surface area (Å²) in [4.78, 5) is 19.3. The molecule has 0 saturated heterocycles. The van der Waals surface area contributed by atoms with Gasteiger partial charge in [0.2, 0.25) is 0 Å². The molecule has 0 bridgehead atoms. The van der Waals surface area contributed by atoms with Crippen molar-refractivity contribution in [3.63, 3.8) is 0 Å². The first-order chi connectivity index (χ1) is 8.70. The molecular formula is C14H12N2O2. The molecule has 0 radical (unpaired) electrons. The van der Waals surface area contributed by atoms with E-state index >= 15 is 0 Å². The smallest absolute Gasteiger partial charge is 0.339 e. The van der Waals surface area contributed by atoms with E-state index in [0.29, 0.717) is 11.3 Å². The molecule has 0 aliphatic carbocycles. The van der Waals surface area contributed by atoms with Gasteiger partial charge in [-0.1, -0.05) is 18.2 Å². The second-order valence-electron chi connectivity index (χ2n) is 4.18. The van der Waals surface area contributed by atoms with Crippen molar-refractivity contribution in [2.24, 2.45) is 0 Å². The van der Waals surface area contributed by atoms with E-state index in [-0.39, 0.29) is 5.97 Å². The van der Waals surface area contributed by atoms with Crippen molar-refractivity contribution < 1.29 is 9.53 Å². The van der Waals surface area contributed by atoms with Crippen molar-refractivity contribution >= 4 is 27.9 Å². The molecule has 4 heteroatoms. The van der Waals surface area contributed by atoms with Crippen LogP contribution in [0.2, 0.25) is 0 Å². The number of carbonyl (C=O) groups is 1. The number of H-pyrrole nitrogens is 1. The Morgan fingerprint density at radius 3 is 2.83 bits per heavy atom. The zero-order chi connectivity index (χ0) is 12.7. The van der Waals surface area contributed by atoms with E-state index in [1.165, 1.54) is 7.11 Å². The Morgan fingerprint density at radius 1 is 1.28 bits per heavy atom. The normalized spacial score (nSPS) is 11.0. The zero-order valence-corrected chi connectivity index (χ0v) is 10.2. The average molecular weight is 240 g/mol. The molecule has 90 valence electrons. The Hall–Kier alpha value is -2.36. The van der Waals surface area contributed by atoms with Gasteiger partial charge >= 0.3 is 5.97 Å². The number of rotatable bonds is 1. The van der Waals surface area contributed by atoms with Crippen LogP contribution >= 0.6 is 0 Å². The first-order valence-corrected chi connectivity index (χ1v) is 5.67. The molecule has 0 atom stereocenters. The number of nitrogens with one attached hydrogen (secondary N) is 1. The summed E-state index contributed by atoms with van der Waals surface area (Å²) < 4.78 is 4.77. The largest absolute Gasteiger partial charge is 0.465 e. The monoisotopic (exact) mass is 240 g/mol. The third-order valence-electron chi connectivity index (χ3n) is 3.09. The van der Waals surface area contributed by atoms with E-state index in [1.807, 2.05) is 30.3 Å². The molecule has 2 aromatic heterocycles. The average Bonchev–Trinajstić information content (AvgIpc) is 2.74. The van der Waals surface area contributed by atoms with Gasteiger partial charge in [-0.25, -0.2) is 9.78 Å². The van der Waals surface area contributed by atoms with Crippen molar-refractivity contribution in [3.05, 3.63) is 41.6 Å². The Labute approximate surface area is 104 Å². The lowest BCUT2D eigenvalue weighted by Crippen LogP contribution is -2.05. The lowest BCUT2D eigenvalue weighted by molar-refractivity contribution is 0.0599. The van der Waals surface area contributed by atoms with E-state index in [4.69, 9.17) is 4.74 Å². The third-order valence-corrected chi connectivity index (χ3v) is 3.09. The predicted octanol–water partition coefficient (Wildman–Crippen LogP) is 2.81. The molecule has 1 aromatic carbocycles. The second-order valence-corrected chi connectivity index (χ2v) is 4.18. The molecule has 4 nitrogen and oxygen atoms in total. The summed E-state index contributed by atoms with van der Waals surface area (Å²) in [5.41, 5.74) is 2.98. The van der Waals surface area contributed by atoms with E-state index < -0.39 is 0 Å². The van der Waals surface area contributed by atoms with Crippen LogP contribution in [0.1, 0.15) is 16.1 Å². The minimum atomic E-state index is -0.354. The number of pyridine rings is 1. The highest BCUT2D eigenvalue weighted by Crippen LogP contribution is 2.25. The number of aryl methyl sites for hydroxylation is 1. The van der Waals surface area contributed by atoms with Gasteiger partial charge in [-0.05, 0) is 19.1 Å². The molecule has 1 N–H and O–H groups in total. The van der Waals surface area contributed by atoms with Crippen LogP contribution in [0.25, 0.3) is 21.9 Å². The van der Waals surface area contributed by atoms with Gasteiger partial charge in [-0.2, -0.15) is 0 Å². The van der Waals surface area contributed by atoms with Crippen LogP contribution in [0.15, 0.2) is 30.3 Å². The molecule has 0 amide bonds. The van der Waals surface area contributed by atoms with Crippen molar-refractivity contribution in [1.82, 2.24) is 9.97 Å². The number of hydrogen-bond donors (Lipinski definition) is 1. The summed E-state index contributed by atoms with van der Waals surface area (Å²) in [5, 5.41) is 2.00. The van der Waals surface area contributed by atoms with Gasteiger partial charge in [-0.3, -0.25) is 0 Å². The molecule has 0 saturated carbocycles. The van der Waals surface area contributed by atoms with Gasteiger partial charge < -0.3 is 9.72 Å². The second kappa shape index (κ2) is 3.84. The molecule has 2 heterocycles. The molecule has 0 spiro atoms. The van der Waals surface area contributed by atoms with Gasteiger partial charge in [0.15, 0.2) is 0 Å². The minimum Gasteiger partial charge on any atom is -0.465 e. The van der Waals surface area contributed by atoms with Crippen LogP contribution in [0, 0.1) is 6.92 Å². The molecule has 0 aliphatic rings. The molecule has 0 unspecified atom stereocenters. The number of aromatic amines is 1. The van der Waals surface area contributed by atoms with Crippen molar-refractivity contribution in [2.45, 2.75) is 6.92 Å². The van der Waals surface area contributed by atoms with Crippen LogP contribution in [0.4, 0.5) is 0 Å². The number of benzene rings is 1. The Bertz CT molecular complexity index is 759. The number of aromatic nitrogens is 2. The fraction of sp³-hybridized carbons (Fsp3) is 0.143. The number of esters is 1.